The van der Waals surface area contributed by atoms with Crippen LogP contribution in [-0.2, 0) is 10.2 Å². The highest BCUT2D eigenvalue weighted by Gasteiger charge is 2.49. The molecule has 2 rings (SSSR count). The number of carboxylic acid groups (broad SMARTS) is 1. The van der Waals surface area contributed by atoms with Crippen LogP contribution in [0, 0.1) is 13.8 Å². The van der Waals surface area contributed by atoms with Crippen LogP contribution in [0.5, 0.6) is 11.5 Å². The fourth-order valence-corrected chi connectivity index (χ4v) is 2.94. The number of ether oxygens (including phenoxy) is 2. The van der Waals surface area contributed by atoms with Gasteiger partial charge in [-0.25, -0.2) is 0 Å². The van der Waals surface area contributed by atoms with E-state index in [0.29, 0.717) is 0 Å². The van der Waals surface area contributed by atoms with Crippen molar-refractivity contribution in [1.29, 1.82) is 0 Å². The van der Waals surface area contributed by atoms with Crippen molar-refractivity contribution in [2.24, 2.45) is 0 Å². The lowest BCUT2D eigenvalue weighted by molar-refractivity contribution is -0.137. The largest absolute Gasteiger partial charge is 0.496 e. The zero-order valence-electron chi connectivity index (χ0n) is 11.9. The van der Waals surface area contributed by atoms with Gasteiger partial charge in [0.2, 0.25) is 0 Å². The highest BCUT2D eigenvalue weighted by Crippen LogP contribution is 2.56. The quantitative estimate of drug-likeness (QED) is 0.888. The second-order valence-electron chi connectivity index (χ2n) is 5.28. The number of hydrogen-bond acceptors (Lipinski definition) is 3. The molecule has 1 saturated carbocycles. The molecule has 1 aromatic carbocycles. The Kier molecular flexibility index (Phi) is 3.43. The van der Waals surface area contributed by atoms with E-state index in [0.717, 1.165) is 41.0 Å². The minimum absolute atomic E-state index is 0.163. The van der Waals surface area contributed by atoms with Gasteiger partial charge in [-0.15, -0.1) is 0 Å². The number of benzene rings is 1. The maximum atomic E-state index is 11.1. The number of carboxylic acids is 1. The Bertz CT molecular complexity index is 515. The van der Waals surface area contributed by atoms with Gasteiger partial charge in [-0.1, -0.05) is 0 Å². The summed E-state index contributed by atoms with van der Waals surface area (Å²) in [4.78, 5) is 11.1. The average molecular weight is 264 g/mol. The molecule has 1 aromatic rings. The molecule has 0 amide bonds. The molecule has 0 radical (unpaired) electrons. The van der Waals surface area contributed by atoms with Crippen LogP contribution < -0.4 is 9.47 Å². The number of methoxy groups -OCH3 is 2. The predicted octanol–water partition coefficient (Wildman–Crippen LogP) is 2.83. The zero-order chi connectivity index (χ0) is 14.2. The Morgan fingerprint density at radius 3 is 2.37 bits per heavy atom. The van der Waals surface area contributed by atoms with E-state index in [1.165, 1.54) is 0 Å². The van der Waals surface area contributed by atoms with Crippen molar-refractivity contribution in [2.75, 3.05) is 14.2 Å². The average Bonchev–Trinajstić information content (AvgIpc) is 3.10. The SMILES string of the molecule is COc1cc(C)c(C2(CC(=O)O)CC2)c(OC)c1C. The Morgan fingerprint density at radius 2 is 1.95 bits per heavy atom. The minimum atomic E-state index is -0.757. The standard InChI is InChI=1S/C15H20O4/c1-9-7-11(18-3)10(2)14(19-4)13(9)15(5-6-15)8-12(16)17/h7H,5-6,8H2,1-4H3,(H,16,17). The van der Waals surface area contributed by atoms with Gasteiger partial charge in [0, 0.05) is 16.5 Å². The molecule has 0 saturated heterocycles. The van der Waals surface area contributed by atoms with Gasteiger partial charge in [0.15, 0.2) is 0 Å². The Labute approximate surface area is 113 Å². The van der Waals surface area contributed by atoms with E-state index in [9.17, 15) is 4.79 Å². The number of rotatable bonds is 5. The lowest BCUT2D eigenvalue weighted by atomic mass is 9.86. The Morgan fingerprint density at radius 1 is 1.32 bits per heavy atom. The summed E-state index contributed by atoms with van der Waals surface area (Å²) in [7, 11) is 3.26. The normalized spacial score (nSPS) is 16.0. The van der Waals surface area contributed by atoms with Gasteiger partial charge in [0.05, 0.1) is 20.6 Å². The molecule has 19 heavy (non-hydrogen) atoms. The van der Waals surface area contributed by atoms with E-state index in [-0.39, 0.29) is 11.8 Å². The van der Waals surface area contributed by atoms with Gasteiger partial charge in [0.1, 0.15) is 11.5 Å². The van der Waals surface area contributed by atoms with E-state index in [1.807, 2.05) is 19.9 Å². The maximum Gasteiger partial charge on any atom is 0.304 e. The first-order valence-electron chi connectivity index (χ1n) is 6.39. The topological polar surface area (TPSA) is 55.8 Å². The fourth-order valence-electron chi connectivity index (χ4n) is 2.94. The first-order chi connectivity index (χ1) is 8.95. The van der Waals surface area contributed by atoms with E-state index < -0.39 is 5.97 Å². The van der Waals surface area contributed by atoms with Crippen molar-refractivity contribution in [3.63, 3.8) is 0 Å². The fraction of sp³-hybridized carbons (Fsp3) is 0.533. The Balaban J connectivity index is 2.57. The summed E-state index contributed by atoms with van der Waals surface area (Å²) in [6.45, 7) is 3.93. The highest BCUT2D eigenvalue weighted by molar-refractivity contribution is 5.71. The predicted molar refractivity (Wildman–Crippen MR) is 72.2 cm³/mol. The van der Waals surface area contributed by atoms with Crippen molar-refractivity contribution in [3.8, 4) is 11.5 Å². The summed E-state index contributed by atoms with van der Waals surface area (Å²) >= 11 is 0. The molecule has 104 valence electrons. The number of carbonyl (C=O) groups is 1. The van der Waals surface area contributed by atoms with Crippen molar-refractivity contribution in [2.45, 2.75) is 38.5 Å². The first kappa shape index (κ1) is 13.7. The summed E-state index contributed by atoms with van der Waals surface area (Å²) in [5.41, 5.74) is 2.76. The van der Waals surface area contributed by atoms with Crippen molar-refractivity contribution in [3.05, 3.63) is 22.8 Å². The minimum Gasteiger partial charge on any atom is -0.496 e. The monoisotopic (exact) mass is 264 g/mol. The summed E-state index contributed by atoms with van der Waals surface area (Å²) in [6, 6.07) is 1.97. The molecule has 1 N–H and O–H groups in total. The van der Waals surface area contributed by atoms with E-state index in [2.05, 4.69) is 0 Å². The maximum absolute atomic E-state index is 11.1. The third kappa shape index (κ3) is 2.27. The molecule has 4 heteroatoms. The summed E-state index contributed by atoms with van der Waals surface area (Å²) in [5, 5.41) is 9.11. The van der Waals surface area contributed by atoms with Crippen LogP contribution in [0.3, 0.4) is 0 Å². The molecule has 0 aliphatic heterocycles. The van der Waals surface area contributed by atoms with Gasteiger partial charge >= 0.3 is 5.97 Å². The molecule has 1 aliphatic carbocycles. The molecular weight excluding hydrogens is 244 g/mol. The number of hydrogen-bond donors (Lipinski definition) is 1. The first-order valence-corrected chi connectivity index (χ1v) is 6.39. The van der Waals surface area contributed by atoms with Gasteiger partial charge in [-0.05, 0) is 38.3 Å². The smallest absolute Gasteiger partial charge is 0.304 e. The van der Waals surface area contributed by atoms with Crippen molar-refractivity contribution >= 4 is 5.97 Å². The van der Waals surface area contributed by atoms with Crippen LogP contribution >= 0.6 is 0 Å². The molecule has 0 atom stereocenters. The van der Waals surface area contributed by atoms with Crippen LogP contribution in [-0.4, -0.2) is 25.3 Å². The van der Waals surface area contributed by atoms with Gasteiger partial charge < -0.3 is 14.6 Å². The molecule has 0 aromatic heterocycles. The summed E-state index contributed by atoms with van der Waals surface area (Å²) < 4.78 is 10.9. The van der Waals surface area contributed by atoms with Crippen LogP contribution in [0.2, 0.25) is 0 Å². The van der Waals surface area contributed by atoms with Crippen LogP contribution in [0.4, 0.5) is 0 Å². The number of aryl methyl sites for hydroxylation is 1. The van der Waals surface area contributed by atoms with Crippen molar-refractivity contribution in [1.82, 2.24) is 0 Å². The van der Waals surface area contributed by atoms with Crippen LogP contribution in [0.1, 0.15) is 36.0 Å². The lowest BCUT2D eigenvalue weighted by Gasteiger charge is -2.23. The third-order valence-corrected chi connectivity index (χ3v) is 3.98. The molecule has 1 aliphatic rings. The second-order valence-corrected chi connectivity index (χ2v) is 5.28. The summed E-state index contributed by atoms with van der Waals surface area (Å²) in [5.74, 6) is 0.798. The Hall–Kier alpha value is -1.71. The molecular formula is C15H20O4. The van der Waals surface area contributed by atoms with E-state index in [4.69, 9.17) is 14.6 Å². The van der Waals surface area contributed by atoms with Crippen LogP contribution in [0.15, 0.2) is 6.07 Å². The molecule has 0 bridgehead atoms. The van der Waals surface area contributed by atoms with E-state index >= 15 is 0 Å². The molecule has 0 spiro atoms. The molecule has 0 unspecified atom stereocenters. The van der Waals surface area contributed by atoms with Gasteiger partial charge in [0.25, 0.3) is 0 Å². The van der Waals surface area contributed by atoms with Crippen LogP contribution in [0.25, 0.3) is 0 Å². The zero-order valence-corrected chi connectivity index (χ0v) is 11.9. The molecule has 4 nitrogen and oxygen atoms in total. The van der Waals surface area contributed by atoms with Gasteiger partial charge in [-0.2, -0.15) is 0 Å². The second kappa shape index (κ2) is 4.76. The molecule has 1 fully saturated rings. The van der Waals surface area contributed by atoms with Gasteiger partial charge in [-0.3, -0.25) is 4.79 Å². The lowest BCUT2D eigenvalue weighted by Crippen LogP contribution is -2.16. The number of aliphatic carboxylic acids is 1. The molecule has 0 heterocycles. The van der Waals surface area contributed by atoms with Crippen molar-refractivity contribution < 1.29 is 19.4 Å². The van der Waals surface area contributed by atoms with E-state index in [1.54, 1.807) is 14.2 Å². The summed E-state index contributed by atoms with van der Waals surface area (Å²) in [6.07, 6.45) is 1.97. The third-order valence-electron chi connectivity index (χ3n) is 3.98. The highest BCUT2D eigenvalue weighted by atomic mass is 16.5.